The van der Waals surface area contributed by atoms with Gasteiger partial charge in [-0.15, -0.1) is 0 Å². The number of aryl methyl sites for hydroxylation is 2. The molecule has 0 saturated carbocycles. The van der Waals surface area contributed by atoms with Crippen LogP contribution in [0.4, 0.5) is 0 Å². The Morgan fingerprint density at radius 2 is 2.31 bits per heavy atom. The van der Waals surface area contributed by atoms with Gasteiger partial charge in [0.2, 0.25) is 0 Å². The quantitative estimate of drug-likeness (QED) is 0.736. The molecule has 0 bridgehead atoms. The molecule has 0 N–H and O–H groups in total. The van der Waals surface area contributed by atoms with Crippen molar-refractivity contribution >= 4 is 15.9 Å². The van der Waals surface area contributed by atoms with E-state index in [1.54, 1.807) is 0 Å². The van der Waals surface area contributed by atoms with E-state index in [1.165, 1.54) is 24.0 Å². The molecule has 72 valence electrons. The molecule has 0 radical (unpaired) electrons. The molecule has 0 spiro atoms. The monoisotopic (exact) mass is 241 g/mol. The smallest absolute Gasteiger partial charge is 0.0302 e. The molecule has 1 heterocycles. The molecule has 1 aromatic heterocycles. The number of alkyl halides is 1. The van der Waals surface area contributed by atoms with E-state index in [1.807, 2.05) is 12.4 Å². The van der Waals surface area contributed by atoms with E-state index in [9.17, 15) is 0 Å². The average molecular weight is 242 g/mol. The van der Waals surface area contributed by atoms with Gasteiger partial charge in [0.25, 0.3) is 0 Å². The van der Waals surface area contributed by atoms with Crippen LogP contribution in [0, 0.1) is 6.92 Å². The molecule has 13 heavy (non-hydrogen) atoms. The maximum absolute atomic E-state index is 4.13. The molecule has 0 amide bonds. The maximum Gasteiger partial charge on any atom is 0.0302 e. The fourth-order valence-electron chi connectivity index (χ4n) is 1.27. The number of nitrogens with zero attached hydrogens (tertiary/aromatic N) is 1. The second kappa shape index (κ2) is 5.38. The topological polar surface area (TPSA) is 12.9 Å². The van der Waals surface area contributed by atoms with E-state index in [2.05, 4.69) is 40.8 Å². The van der Waals surface area contributed by atoms with Crippen LogP contribution in [0.1, 0.15) is 30.9 Å². The Labute approximate surface area is 88.7 Å². The third-order valence-electron chi connectivity index (χ3n) is 2.32. The molecule has 1 unspecified atom stereocenters. The summed E-state index contributed by atoms with van der Waals surface area (Å²) in [5.41, 5.74) is 2.73. The van der Waals surface area contributed by atoms with Gasteiger partial charge in [0, 0.05) is 17.2 Å². The van der Waals surface area contributed by atoms with Gasteiger partial charge < -0.3 is 0 Å². The van der Waals surface area contributed by atoms with Crippen molar-refractivity contribution in [1.29, 1.82) is 0 Å². The molecule has 0 aromatic carbocycles. The van der Waals surface area contributed by atoms with Crippen LogP contribution in [0.5, 0.6) is 0 Å². The van der Waals surface area contributed by atoms with Crippen LogP contribution in [0.15, 0.2) is 18.5 Å². The van der Waals surface area contributed by atoms with Crippen molar-refractivity contribution in [1.82, 2.24) is 4.98 Å². The Bertz CT molecular complexity index is 260. The molecule has 1 atom stereocenters. The highest BCUT2D eigenvalue weighted by molar-refractivity contribution is 9.09. The van der Waals surface area contributed by atoms with Gasteiger partial charge in [0.05, 0.1) is 0 Å². The van der Waals surface area contributed by atoms with E-state index < -0.39 is 0 Å². The largest absolute Gasteiger partial charge is 0.264 e. The first-order chi connectivity index (χ1) is 6.24. The number of pyridine rings is 1. The summed E-state index contributed by atoms with van der Waals surface area (Å²) in [6.07, 6.45) is 7.35. The van der Waals surface area contributed by atoms with Gasteiger partial charge in [-0.3, -0.25) is 4.98 Å². The number of halogens is 1. The van der Waals surface area contributed by atoms with Crippen molar-refractivity contribution in [2.75, 3.05) is 0 Å². The van der Waals surface area contributed by atoms with E-state index in [-0.39, 0.29) is 0 Å². The average Bonchev–Trinajstić information content (AvgIpc) is 2.16. The number of aromatic nitrogens is 1. The zero-order valence-corrected chi connectivity index (χ0v) is 9.84. The fourth-order valence-corrected chi connectivity index (χ4v) is 1.50. The van der Waals surface area contributed by atoms with Crippen LogP contribution in [0.25, 0.3) is 0 Å². The molecular formula is C11H16BrN. The Kier molecular flexibility index (Phi) is 4.43. The van der Waals surface area contributed by atoms with Gasteiger partial charge >= 0.3 is 0 Å². The van der Waals surface area contributed by atoms with Crippen LogP contribution < -0.4 is 0 Å². The molecule has 2 heteroatoms. The Morgan fingerprint density at radius 3 is 2.92 bits per heavy atom. The molecule has 1 aromatic rings. The van der Waals surface area contributed by atoms with E-state index in [4.69, 9.17) is 0 Å². The van der Waals surface area contributed by atoms with Gasteiger partial charge in [-0.2, -0.15) is 0 Å². The van der Waals surface area contributed by atoms with Crippen molar-refractivity contribution in [3.8, 4) is 0 Å². The minimum Gasteiger partial charge on any atom is -0.264 e. The van der Waals surface area contributed by atoms with E-state index >= 15 is 0 Å². The van der Waals surface area contributed by atoms with Gasteiger partial charge in [0.15, 0.2) is 0 Å². The predicted molar refractivity (Wildman–Crippen MR) is 60.3 cm³/mol. The minimum absolute atomic E-state index is 0.645. The van der Waals surface area contributed by atoms with Crippen molar-refractivity contribution in [3.05, 3.63) is 29.6 Å². The Hall–Kier alpha value is -0.370. The van der Waals surface area contributed by atoms with Crippen LogP contribution in [0.2, 0.25) is 0 Å². The summed E-state index contributed by atoms with van der Waals surface area (Å²) in [5, 5.41) is 0. The van der Waals surface area contributed by atoms with Gasteiger partial charge in [-0.1, -0.05) is 22.9 Å². The maximum atomic E-state index is 4.13. The zero-order valence-electron chi connectivity index (χ0n) is 8.26. The molecule has 0 aliphatic carbocycles. The summed E-state index contributed by atoms with van der Waals surface area (Å²) < 4.78 is 0. The lowest BCUT2D eigenvalue weighted by Crippen LogP contribution is -1.99. The van der Waals surface area contributed by atoms with Gasteiger partial charge in [-0.05, 0) is 43.4 Å². The lowest BCUT2D eigenvalue weighted by molar-refractivity contribution is 0.742. The second-order valence-electron chi connectivity index (χ2n) is 3.35. The molecule has 1 nitrogen and oxygen atoms in total. The van der Waals surface area contributed by atoms with Gasteiger partial charge in [-0.25, -0.2) is 0 Å². The standard InChI is InChI=1S/C11H16BrN/c1-3-11(12)5-4-10-8-13-7-6-9(10)2/h6-8,11H,3-5H2,1-2H3. The Balaban J connectivity index is 2.50. The normalized spacial score (nSPS) is 12.8. The van der Waals surface area contributed by atoms with Gasteiger partial charge in [0.1, 0.15) is 0 Å². The number of rotatable bonds is 4. The number of hydrogen-bond acceptors (Lipinski definition) is 1. The lowest BCUT2D eigenvalue weighted by Gasteiger charge is -2.07. The van der Waals surface area contributed by atoms with Crippen molar-refractivity contribution in [2.24, 2.45) is 0 Å². The van der Waals surface area contributed by atoms with E-state index in [0.29, 0.717) is 4.83 Å². The first kappa shape index (κ1) is 10.7. The lowest BCUT2D eigenvalue weighted by atomic mass is 10.1. The van der Waals surface area contributed by atoms with Crippen LogP contribution in [-0.4, -0.2) is 9.81 Å². The van der Waals surface area contributed by atoms with E-state index in [0.717, 1.165) is 6.42 Å². The van der Waals surface area contributed by atoms with Crippen molar-refractivity contribution in [3.63, 3.8) is 0 Å². The second-order valence-corrected chi connectivity index (χ2v) is 4.64. The Morgan fingerprint density at radius 1 is 1.54 bits per heavy atom. The highest BCUT2D eigenvalue weighted by atomic mass is 79.9. The van der Waals surface area contributed by atoms with Crippen LogP contribution in [0.3, 0.4) is 0 Å². The molecular weight excluding hydrogens is 226 g/mol. The summed E-state index contributed by atoms with van der Waals surface area (Å²) in [6, 6.07) is 2.07. The third kappa shape index (κ3) is 3.47. The van der Waals surface area contributed by atoms with Crippen molar-refractivity contribution < 1.29 is 0 Å². The molecule has 0 aliphatic heterocycles. The van der Waals surface area contributed by atoms with Crippen LogP contribution in [-0.2, 0) is 6.42 Å². The summed E-state index contributed by atoms with van der Waals surface area (Å²) in [6.45, 7) is 4.35. The molecule has 0 fully saturated rings. The summed E-state index contributed by atoms with van der Waals surface area (Å²) in [4.78, 5) is 4.78. The molecule has 1 rings (SSSR count). The molecule has 0 aliphatic rings. The first-order valence-corrected chi connectivity index (χ1v) is 5.69. The summed E-state index contributed by atoms with van der Waals surface area (Å²) in [5.74, 6) is 0. The molecule has 0 saturated heterocycles. The third-order valence-corrected chi connectivity index (χ3v) is 3.42. The first-order valence-electron chi connectivity index (χ1n) is 4.77. The predicted octanol–water partition coefficient (Wildman–Crippen LogP) is 3.50. The SMILES string of the molecule is CCC(Br)CCc1cnccc1C. The summed E-state index contributed by atoms with van der Waals surface area (Å²) in [7, 11) is 0. The highest BCUT2D eigenvalue weighted by Gasteiger charge is 2.03. The summed E-state index contributed by atoms with van der Waals surface area (Å²) >= 11 is 3.64. The minimum atomic E-state index is 0.645. The van der Waals surface area contributed by atoms with Crippen molar-refractivity contribution in [2.45, 2.75) is 37.9 Å². The van der Waals surface area contributed by atoms with Crippen LogP contribution >= 0.6 is 15.9 Å². The zero-order chi connectivity index (χ0) is 9.68. The highest BCUT2D eigenvalue weighted by Crippen LogP contribution is 2.15. The fraction of sp³-hybridized carbons (Fsp3) is 0.545. The number of hydrogen-bond donors (Lipinski definition) is 0.